The molecule has 2 aromatic rings. The van der Waals surface area contributed by atoms with E-state index in [1.54, 1.807) is 12.4 Å². The van der Waals surface area contributed by atoms with Gasteiger partial charge in [0.05, 0.1) is 6.20 Å². The van der Waals surface area contributed by atoms with Gasteiger partial charge in [0.1, 0.15) is 5.82 Å². The summed E-state index contributed by atoms with van der Waals surface area (Å²) in [6, 6.07) is 0.0977. The van der Waals surface area contributed by atoms with Crippen molar-refractivity contribution in [2.75, 3.05) is 0 Å². The van der Waals surface area contributed by atoms with Crippen molar-refractivity contribution in [3.8, 4) is 0 Å². The average Bonchev–Trinajstić information content (AvgIpc) is 2.48. The maximum Gasteiger partial charge on any atom is 0.179 e. The third kappa shape index (κ3) is 1.50. The van der Waals surface area contributed by atoms with Crippen molar-refractivity contribution in [3.05, 3.63) is 24.4 Å². The van der Waals surface area contributed by atoms with Crippen LogP contribution in [0, 0.1) is 0 Å². The second-order valence-electron chi connectivity index (χ2n) is 3.10. The third-order valence-corrected chi connectivity index (χ3v) is 1.79. The van der Waals surface area contributed by atoms with Crippen LogP contribution in [0.4, 0.5) is 0 Å². The summed E-state index contributed by atoms with van der Waals surface area (Å²) in [6.45, 7) is 1.95. The summed E-state index contributed by atoms with van der Waals surface area (Å²) in [5.41, 5.74) is 6.44. The molecule has 2 N–H and O–H groups in total. The molecule has 0 saturated carbocycles. The Morgan fingerprint density at radius 3 is 3.15 bits per heavy atom. The van der Waals surface area contributed by atoms with Gasteiger partial charge in [-0.1, -0.05) is 0 Å². The second-order valence-corrected chi connectivity index (χ2v) is 3.10. The zero-order valence-electron chi connectivity index (χ0n) is 7.38. The maximum atomic E-state index is 5.68. The minimum Gasteiger partial charge on any atom is -0.328 e. The number of hydrogen-bond acceptors (Lipinski definition) is 4. The Balaban J connectivity index is 2.46. The molecule has 2 rings (SSSR count). The van der Waals surface area contributed by atoms with Crippen LogP contribution in [0.1, 0.15) is 12.7 Å². The van der Waals surface area contributed by atoms with E-state index in [0.29, 0.717) is 0 Å². The molecule has 0 amide bonds. The summed E-state index contributed by atoms with van der Waals surface area (Å²) >= 11 is 0. The lowest BCUT2D eigenvalue weighted by atomic mass is 10.2. The van der Waals surface area contributed by atoms with Crippen LogP contribution < -0.4 is 5.73 Å². The molecule has 0 bridgehead atoms. The van der Waals surface area contributed by atoms with Crippen LogP contribution in [0.2, 0.25) is 0 Å². The first-order valence-electron chi connectivity index (χ1n) is 4.16. The van der Waals surface area contributed by atoms with Crippen molar-refractivity contribution in [2.45, 2.75) is 19.4 Å². The smallest absolute Gasteiger partial charge is 0.179 e. The van der Waals surface area contributed by atoms with E-state index in [4.69, 9.17) is 5.73 Å². The molecule has 0 saturated heterocycles. The Kier molecular flexibility index (Phi) is 1.94. The summed E-state index contributed by atoms with van der Waals surface area (Å²) in [6.07, 6.45) is 5.96. The van der Waals surface area contributed by atoms with E-state index in [1.165, 1.54) is 0 Å². The van der Waals surface area contributed by atoms with Gasteiger partial charge in [-0.05, 0) is 6.92 Å². The van der Waals surface area contributed by atoms with Gasteiger partial charge in [0.25, 0.3) is 0 Å². The first kappa shape index (κ1) is 8.12. The fraction of sp³-hybridized carbons (Fsp3) is 0.375. The molecule has 68 valence electrons. The zero-order valence-corrected chi connectivity index (χ0v) is 7.38. The van der Waals surface area contributed by atoms with E-state index < -0.39 is 0 Å². The summed E-state index contributed by atoms with van der Waals surface area (Å²) in [4.78, 5) is 3.95. The van der Waals surface area contributed by atoms with Gasteiger partial charge < -0.3 is 5.73 Å². The molecule has 0 fully saturated rings. The Morgan fingerprint density at radius 1 is 1.54 bits per heavy atom. The normalized spacial score (nSPS) is 13.4. The molecule has 5 heteroatoms. The molecule has 13 heavy (non-hydrogen) atoms. The molecule has 0 aliphatic heterocycles. The predicted octanol–water partition coefficient (Wildman–Crippen LogP) is 0.0140. The van der Waals surface area contributed by atoms with Crippen LogP contribution >= 0.6 is 0 Å². The molecule has 0 aromatic carbocycles. The molecule has 5 nitrogen and oxygen atoms in total. The van der Waals surface area contributed by atoms with Crippen molar-refractivity contribution in [1.82, 2.24) is 19.6 Å². The number of hydrogen-bond donors (Lipinski definition) is 1. The van der Waals surface area contributed by atoms with E-state index in [9.17, 15) is 0 Å². The molecule has 1 unspecified atom stereocenters. The minimum absolute atomic E-state index is 0.0977. The minimum atomic E-state index is 0.0977. The van der Waals surface area contributed by atoms with E-state index >= 15 is 0 Å². The summed E-state index contributed by atoms with van der Waals surface area (Å²) in [5, 5.41) is 8.00. The summed E-state index contributed by atoms with van der Waals surface area (Å²) in [5.74, 6) is 0.882. The molecular weight excluding hydrogens is 166 g/mol. The molecule has 0 aliphatic rings. The fourth-order valence-corrected chi connectivity index (χ4v) is 1.23. The van der Waals surface area contributed by atoms with Crippen molar-refractivity contribution < 1.29 is 0 Å². The van der Waals surface area contributed by atoms with Crippen molar-refractivity contribution in [2.24, 2.45) is 5.73 Å². The number of aromatic nitrogens is 4. The van der Waals surface area contributed by atoms with E-state index in [1.807, 2.05) is 17.5 Å². The van der Waals surface area contributed by atoms with Gasteiger partial charge in [0.2, 0.25) is 0 Å². The monoisotopic (exact) mass is 177 g/mol. The highest BCUT2D eigenvalue weighted by Crippen LogP contribution is 2.02. The Bertz CT molecular complexity index is 406. The quantitative estimate of drug-likeness (QED) is 0.701. The molecule has 2 aromatic heterocycles. The van der Waals surface area contributed by atoms with Crippen LogP contribution in [0.3, 0.4) is 0 Å². The molecule has 0 radical (unpaired) electrons. The SMILES string of the molecule is CC(N)Cc1nnc2cnccn12. The molecule has 0 aliphatic carbocycles. The Labute approximate surface area is 75.6 Å². The van der Waals surface area contributed by atoms with Crippen LogP contribution in [0.25, 0.3) is 5.65 Å². The first-order chi connectivity index (χ1) is 6.27. The number of rotatable bonds is 2. The van der Waals surface area contributed by atoms with Crippen molar-refractivity contribution in [1.29, 1.82) is 0 Å². The molecule has 2 heterocycles. The second kappa shape index (κ2) is 3.10. The van der Waals surface area contributed by atoms with Gasteiger partial charge in [0, 0.05) is 24.9 Å². The highest BCUT2D eigenvalue weighted by atomic mass is 15.2. The highest BCUT2D eigenvalue weighted by Gasteiger charge is 2.06. The summed E-state index contributed by atoms with van der Waals surface area (Å²) < 4.78 is 1.90. The van der Waals surface area contributed by atoms with Crippen molar-refractivity contribution in [3.63, 3.8) is 0 Å². The zero-order chi connectivity index (χ0) is 9.26. The van der Waals surface area contributed by atoms with Gasteiger partial charge in [-0.25, -0.2) is 0 Å². The van der Waals surface area contributed by atoms with Crippen LogP contribution in [0.15, 0.2) is 18.6 Å². The van der Waals surface area contributed by atoms with Gasteiger partial charge in [-0.15, -0.1) is 10.2 Å². The lowest BCUT2D eigenvalue weighted by molar-refractivity contribution is 0.694. The van der Waals surface area contributed by atoms with Crippen LogP contribution in [0.5, 0.6) is 0 Å². The lowest BCUT2D eigenvalue weighted by Crippen LogP contribution is -2.19. The van der Waals surface area contributed by atoms with Gasteiger partial charge in [0.15, 0.2) is 5.65 Å². The number of nitrogens with two attached hydrogens (primary N) is 1. The van der Waals surface area contributed by atoms with Gasteiger partial charge in [-0.2, -0.15) is 0 Å². The fourth-order valence-electron chi connectivity index (χ4n) is 1.23. The molecule has 1 atom stereocenters. The molecule has 0 spiro atoms. The maximum absolute atomic E-state index is 5.68. The van der Waals surface area contributed by atoms with E-state index in [2.05, 4.69) is 15.2 Å². The van der Waals surface area contributed by atoms with Gasteiger partial charge in [-0.3, -0.25) is 9.38 Å². The molecular formula is C8H11N5. The van der Waals surface area contributed by atoms with Gasteiger partial charge >= 0.3 is 0 Å². The number of nitrogens with zero attached hydrogens (tertiary/aromatic N) is 4. The van der Waals surface area contributed by atoms with Crippen LogP contribution in [-0.2, 0) is 6.42 Å². The topological polar surface area (TPSA) is 69.1 Å². The first-order valence-corrected chi connectivity index (χ1v) is 4.16. The van der Waals surface area contributed by atoms with E-state index in [0.717, 1.165) is 17.9 Å². The third-order valence-electron chi connectivity index (χ3n) is 1.79. The number of fused-ring (bicyclic) bond motifs is 1. The van der Waals surface area contributed by atoms with Crippen LogP contribution in [-0.4, -0.2) is 25.6 Å². The standard InChI is InChI=1S/C8H11N5/c1-6(9)4-7-11-12-8-5-10-2-3-13(7)8/h2-3,5-6H,4,9H2,1H3. The predicted molar refractivity (Wildman–Crippen MR) is 48.1 cm³/mol. The summed E-state index contributed by atoms with van der Waals surface area (Å²) in [7, 11) is 0. The van der Waals surface area contributed by atoms with E-state index in [-0.39, 0.29) is 6.04 Å². The Hall–Kier alpha value is -1.49. The van der Waals surface area contributed by atoms with Crippen molar-refractivity contribution >= 4 is 5.65 Å². The average molecular weight is 177 g/mol. The highest BCUT2D eigenvalue weighted by molar-refractivity contribution is 5.33. The Morgan fingerprint density at radius 2 is 2.38 bits per heavy atom. The largest absolute Gasteiger partial charge is 0.328 e. The lowest BCUT2D eigenvalue weighted by Gasteiger charge is -2.01.